The van der Waals surface area contributed by atoms with E-state index >= 15 is 0 Å². The molecule has 0 bridgehead atoms. The average molecular weight is 567 g/mol. The van der Waals surface area contributed by atoms with E-state index in [4.69, 9.17) is 9.47 Å². The van der Waals surface area contributed by atoms with Crippen molar-refractivity contribution in [3.05, 3.63) is 24.3 Å². The normalized spacial score (nSPS) is 38.3. The molecule has 41 heavy (non-hydrogen) atoms. The largest absolute Gasteiger partial charge is 0.375 e. The maximum Gasteiger partial charge on any atom is 0.253 e. The molecule has 4 saturated carbocycles. The van der Waals surface area contributed by atoms with Crippen LogP contribution in [0.2, 0.25) is 0 Å². The Labute approximate surface area is 243 Å². The van der Waals surface area contributed by atoms with Crippen LogP contribution in [0.15, 0.2) is 24.3 Å². The highest BCUT2D eigenvalue weighted by molar-refractivity contribution is 6.13. The van der Waals surface area contributed by atoms with Crippen LogP contribution in [0, 0.1) is 11.8 Å². The molecule has 0 aromatic rings. The topological polar surface area (TPSA) is 93.2 Å². The van der Waals surface area contributed by atoms with Gasteiger partial charge in [-0.15, -0.1) is 0 Å². The molecule has 224 valence electrons. The number of nitrogens with zero attached hydrogens (tertiary/aromatic N) is 2. The van der Waals surface area contributed by atoms with E-state index < -0.39 is 0 Å². The second-order valence-corrected chi connectivity index (χ2v) is 13.4. The first-order valence-corrected chi connectivity index (χ1v) is 16.3. The lowest BCUT2D eigenvalue weighted by Crippen LogP contribution is -2.43. The molecule has 0 unspecified atom stereocenters. The van der Waals surface area contributed by atoms with E-state index in [9.17, 15) is 19.2 Å². The first kappa shape index (κ1) is 28.8. The van der Waals surface area contributed by atoms with Gasteiger partial charge >= 0.3 is 0 Å². The Balaban J connectivity index is 0.832. The lowest BCUT2D eigenvalue weighted by atomic mass is 9.76. The van der Waals surface area contributed by atoms with Gasteiger partial charge in [-0.3, -0.25) is 29.0 Å². The third kappa shape index (κ3) is 6.85. The van der Waals surface area contributed by atoms with Crippen molar-refractivity contribution in [2.24, 2.45) is 11.8 Å². The maximum absolute atomic E-state index is 12.0. The summed E-state index contributed by atoms with van der Waals surface area (Å²) >= 11 is 0. The Morgan fingerprint density at radius 3 is 1.00 bits per heavy atom. The summed E-state index contributed by atoms with van der Waals surface area (Å²) in [5.41, 5.74) is 0. The summed E-state index contributed by atoms with van der Waals surface area (Å²) in [6.45, 7) is 0. The second kappa shape index (κ2) is 12.9. The minimum absolute atomic E-state index is 0.0348. The molecule has 2 heterocycles. The van der Waals surface area contributed by atoms with Crippen molar-refractivity contribution in [1.29, 1.82) is 0 Å². The van der Waals surface area contributed by atoms with Crippen molar-refractivity contribution < 1.29 is 28.7 Å². The highest BCUT2D eigenvalue weighted by atomic mass is 16.5. The molecule has 6 aliphatic rings. The number of carbonyl (C=O) groups excluding carboxylic acids is 4. The fraction of sp³-hybridized carbons (Fsp3) is 0.758. The Morgan fingerprint density at radius 1 is 0.439 bits per heavy atom. The van der Waals surface area contributed by atoms with Gasteiger partial charge in [0.15, 0.2) is 0 Å². The zero-order chi connectivity index (χ0) is 28.3. The summed E-state index contributed by atoms with van der Waals surface area (Å²) in [6.07, 6.45) is 25.0. The van der Waals surface area contributed by atoms with Gasteiger partial charge in [-0.05, 0) is 121 Å². The number of carbonyl (C=O) groups is 4. The number of hydrogen-bond acceptors (Lipinski definition) is 6. The van der Waals surface area contributed by atoms with Crippen LogP contribution in [0.4, 0.5) is 0 Å². The van der Waals surface area contributed by atoms with E-state index in [-0.39, 0.29) is 47.9 Å². The van der Waals surface area contributed by atoms with Gasteiger partial charge in [0.2, 0.25) is 0 Å². The zero-order valence-electron chi connectivity index (χ0n) is 24.3. The molecule has 0 aromatic carbocycles. The Morgan fingerprint density at radius 2 is 0.707 bits per heavy atom. The highest BCUT2D eigenvalue weighted by Crippen LogP contribution is 2.39. The van der Waals surface area contributed by atoms with E-state index in [0.29, 0.717) is 12.2 Å². The zero-order valence-corrected chi connectivity index (χ0v) is 24.3. The second-order valence-electron chi connectivity index (χ2n) is 13.4. The molecule has 0 spiro atoms. The van der Waals surface area contributed by atoms with E-state index in [0.717, 1.165) is 88.9 Å². The number of imide groups is 2. The Kier molecular flexibility index (Phi) is 9.06. The summed E-state index contributed by atoms with van der Waals surface area (Å²) in [4.78, 5) is 50.8. The average Bonchev–Trinajstić information content (AvgIpc) is 3.50. The lowest BCUT2D eigenvalue weighted by Gasteiger charge is -2.38. The first-order chi connectivity index (χ1) is 19.9. The molecule has 6 rings (SSSR count). The monoisotopic (exact) mass is 566 g/mol. The van der Waals surface area contributed by atoms with E-state index in [2.05, 4.69) is 0 Å². The summed E-state index contributed by atoms with van der Waals surface area (Å²) in [7, 11) is 0. The predicted octanol–water partition coefficient (Wildman–Crippen LogP) is 5.00. The molecule has 4 amide bonds. The van der Waals surface area contributed by atoms with Gasteiger partial charge in [0, 0.05) is 36.4 Å². The highest BCUT2D eigenvalue weighted by Gasteiger charge is 2.37. The first-order valence-electron chi connectivity index (χ1n) is 16.3. The molecule has 0 radical (unpaired) electrons. The van der Waals surface area contributed by atoms with Crippen molar-refractivity contribution in [3.63, 3.8) is 0 Å². The smallest absolute Gasteiger partial charge is 0.253 e. The molecule has 0 atom stereocenters. The lowest BCUT2D eigenvalue weighted by molar-refractivity contribution is -0.143. The Hall–Kier alpha value is -2.32. The van der Waals surface area contributed by atoms with Gasteiger partial charge < -0.3 is 9.47 Å². The molecule has 0 N–H and O–H groups in total. The third-order valence-corrected chi connectivity index (χ3v) is 10.7. The number of ether oxygens (including phenoxy) is 2. The van der Waals surface area contributed by atoms with Crippen molar-refractivity contribution in [2.45, 2.75) is 146 Å². The summed E-state index contributed by atoms with van der Waals surface area (Å²) < 4.78 is 13.0. The Bertz CT molecular complexity index is 920. The summed E-state index contributed by atoms with van der Waals surface area (Å²) in [5, 5.41) is 0. The van der Waals surface area contributed by atoms with Crippen molar-refractivity contribution in [1.82, 2.24) is 9.80 Å². The van der Waals surface area contributed by atoms with Crippen LogP contribution >= 0.6 is 0 Å². The predicted molar refractivity (Wildman–Crippen MR) is 152 cm³/mol. The summed E-state index contributed by atoms with van der Waals surface area (Å²) in [5.74, 6) is 0.984. The SMILES string of the molecule is O=C1C=CC(=O)N1C1CCC(OC2CCC(CC3CCC(OC4CCC(N5C(=O)C=CC5=O)CC4)CC3)CC2)CC1. The molecule has 4 fully saturated rings. The van der Waals surface area contributed by atoms with Gasteiger partial charge in [0.05, 0.1) is 24.4 Å². The molecular formula is C33H46N2O6. The minimum atomic E-state index is -0.161. The number of hydrogen-bond donors (Lipinski definition) is 0. The van der Waals surface area contributed by atoms with Gasteiger partial charge in [-0.2, -0.15) is 0 Å². The molecule has 8 nitrogen and oxygen atoms in total. The van der Waals surface area contributed by atoms with Crippen molar-refractivity contribution in [3.8, 4) is 0 Å². The van der Waals surface area contributed by atoms with Crippen LogP contribution in [-0.2, 0) is 28.7 Å². The third-order valence-electron chi connectivity index (χ3n) is 10.7. The molecule has 8 heteroatoms. The van der Waals surface area contributed by atoms with Gasteiger partial charge in [-0.25, -0.2) is 0 Å². The van der Waals surface area contributed by atoms with Crippen LogP contribution in [0.25, 0.3) is 0 Å². The van der Waals surface area contributed by atoms with Crippen LogP contribution in [0.3, 0.4) is 0 Å². The van der Waals surface area contributed by atoms with Gasteiger partial charge in [-0.1, -0.05) is 0 Å². The van der Waals surface area contributed by atoms with E-state index in [1.807, 2.05) is 0 Å². The van der Waals surface area contributed by atoms with Crippen molar-refractivity contribution in [2.75, 3.05) is 0 Å². The van der Waals surface area contributed by atoms with Gasteiger partial charge in [0.25, 0.3) is 23.6 Å². The molecule has 4 aliphatic carbocycles. The van der Waals surface area contributed by atoms with Crippen LogP contribution in [0.1, 0.15) is 109 Å². The maximum atomic E-state index is 12.0. The molecule has 0 saturated heterocycles. The van der Waals surface area contributed by atoms with Crippen LogP contribution in [-0.4, -0.2) is 69.9 Å². The quantitative estimate of drug-likeness (QED) is 0.384. The fourth-order valence-electron chi connectivity index (χ4n) is 8.45. The minimum Gasteiger partial charge on any atom is -0.375 e. The molecule has 2 aliphatic heterocycles. The van der Waals surface area contributed by atoms with E-state index in [1.54, 1.807) is 0 Å². The standard InChI is InChI=1S/C33H46N2O6/c36-30-17-18-31(37)34(30)24-5-13-28(14-6-24)40-26-9-1-22(2-10-26)21-23-3-11-27(12-4-23)41-29-15-7-25(8-16-29)35-32(38)19-20-33(35)39/h17-20,22-29H,1-16,21H2. The number of rotatable bonds is 8. The van der Waals surface area contributed by atoms with Crippen LogP contribution in [0.5, 0.6) is 0 Å². The van der Waals surface area contributed by atoms with E-state index in [1.165, 1.54) is 66.2 Å². The fourth-order valence-corrected chi connectivity index (χ4v) is 8.45. The van der Waals surface area contributed by atoms with Crippen molar-refractivity contribution >= 4 is 23.6 Å². The summed E-state index contributed by atoms with van der Waals surface area (Å²) in [6, 6.07) is 0.0695. The van der Waals surface area contributed by atoms with Gasteiger partial charge in [0.1, 0.15) is 0 Å². The molecular weight excluding hydrogens is 520 g/mol. The molecule has 0 aromatic heterocycles. The number of amides is 4. The van der Waals surface area contributed by atoms with Crippen LogP contribution < -0.4 is 0 Å².